The number of nitrogens with one attached hydrogen (secondary N) is 1. The second-order valence-electron chi connectivity index (χ2n) is 5.09. The van der Waals surface area contributed by atoms with E-state index in [0.29, 0.717) is 5.16 Å². The number of thioether (sulfide) groups is 1. The van der Waals surface area contributed by atoms with Crippen molar-refractivity contribution in [2.24, 2.45) is 0 Å². The van der Waals surface area contributed by atoms with Crippen LogP contribution in [0.4, 0.5) is 0 Å². The third kappa shape index (κ3) is 3.44. The van der Waals surface area contributed by atoms with Crippen LogP contribution in [0.5, 0.6) is 0 Å². The number of carbonyl (C=O) groups is 1. The Morgan fingerprint density at radius 3 is 2.62 bits per heavy atom. The van der Waals surface area contributed by atoms with Crippen molar-refractivity contribution in [3.05, 3.63) is 42.2 Å². The van der Waals surface area contributed by atoms with Crippen LogP contribution in [0.15, 0.2) is 41.8 Å². The molecule has 1 aromatic heterocycles. The van der Waals surface area contributed by atoms with Gasteiger partial charge in [0.1, 0.15) is 11.6 Å². The maximum atomic E-state index is 12.9. The Hall–Kier alpha value is -1.82. The van der Waals surface area contributed by atoms with Gasteiger partial charge in [-0.25, -0.2) is 4.98 Å². The molecule has 0 saturated carbocycles. The van der Waals surface area contributed by atoms with Gasteiger partial charge in [-0.15, -0.1) is 0 Å². The van der Waals surface area contributed by atoms with Crippen LogP contribution in [0, 0.1) is 0 Å². The molecule has 5 nitrogen and oxygen atoms in total. The van der Waals surface area contributed by atoms with E-state index in [2.05, 4.69) is 15.2 Å². The summed E-state index contributed by atoms with van der Waals surface area (Å²) in [6.07, 6.45) is 4.88. The Bertz CT molecular complexity index is 567. The molecule has 1 N–H and O–H groups in total. The summed E-state index contributed by atoms with van der Waals surface area (Å²) < 4.78 is 0. The van der Waals surface area contributed by atoms with Gasteiger partial charge >= 0.3 is 0 Å². The van der Waals surface area contributed by atoms with Gasteiger partial charge in [0.15, 0.2) is 5.16 Å². The molecule has 1 fully saturated rings. The minimum Gasteiger partial charge on any atom is -0.341 e. The number of hydrogen-bond donors (Lipinski definition) is 1. The minimum atomic E-state index is -0.266. The molecule has 1 saturated heterocycles. The number of aromatic amines is 1. The molecule has 1 atom stereocenters. The van der Waals surface area contributed by atoms with E-state index in [1.807, 2.05) is 35.2 Å². The van der Waals surface area contributed by atoms with E-state index in [1.54, 1.807) is 0 Å². The molecule has 21 heavy (non-hydrogen) atoms. The predicted octanol–water partition coefficient (Wildman–Crippen LogP) is 2.65. The lowest BCUT2D eigenvalue weighted by molar-refractivity contribution is -0.131. The van der Waals surface area contributed by atoms with Crippen LogP contribution in [0.1, 0.15) is 30.1 Å². The molecule has 110 valence electrons. The molecule has 1 amide bonds. The van der Waals surface area contributed by atoms with E-state index in [-0.39, 0.29) is 11.2 Å². The lowest BCUT2D eigenvalue weighted by Crippen LogP contribution is -2.38. The smallest absolute Gasteiger partial charge is 0.240 e. The van der Waals surface area contributed by atoms with Gasteiger partial charge in [0.05, 0.1) is 0 Å². The van der Waals surface area contributed by atoms with Crippen molar-refractivity contribution in [2.45, 2.75) is 29.7 Å². The zero-order valence-corrected chi connectivity index (χ0v) is 12.6. The average molecular weight is 302 g/mol. The van der Waals surface area contributed by atoms with E-state index in [0.717, 1.165) is 31.5 Å². The molecule has 1 aromatic carbocycles. The molecular weight excluding hydrogens is 284 g/mol. The van der Waals surface area contributed by atoms with Crippen LogP contribution in [0.2, 0.25) is 0 Å². The van der Waals surface area contributed by atoms with E-state index in [1.165, 1.54) is 24.5 Å². The molecule has 3 rings (SSSR count). The highest BCUT2D eigenvalue weighted by Crippen LogP contribution is 2.35. The summed E-state index contributed by atoms with van der Waals surface area (Å²) in [5.41, 5.74) is 1.01. The number of H-pyrrole nitrogens is 1. The summed E-state index contributed by atoms with van der Waals surface area (Å²) in [6, 6.07) is 9.89. The van der Waals surface area contributed by atoms with Crippen LogP contribution in [-0.2, 0) is 4.79 Å². The maximum absolute atomic E-state index is 12.9. The fraction of sp³-hybridized carbons (Fsp3) is 0.400. The van der Waals surface area contributed by atoms with Crippen LogP contribution < -0.4 is 0 Å². The van der Waals surface area contributed by atoms with Crippen LogP contribution in [-0.4, -0.2) is 39.1 Å². The molecule has 0 spiro atoms. The molecule has 1 aliphatic rings. The summed E-state index contributed by atoms with van der Waals surface area (Å²) in [6.45, 7) is 1.72. The topological polar surface area (TPSA) is 61.9 Å². The van der Waals surface area contributed by atoms with E-state index in [4.69, 9.17) is 0 Å². The van der Waals surface area contributed by atoms with Crippen LogP contribution in [0.3, 0.4) is 0 Å². The third-order valence-electron chi connectivity index (χ3n) is 3.62. The SMILES string of the molecule is O=C([C@H](Sc1ncn[nH]1)c1ccccc1)N1CCCCC1. The quantitative estimate of drug-likeness (QED) is 0.882. The Morgan fingerprint density at radius 2 is 1.95 bits per heavy atom. The first kappa shape index (κ1) is 14.1. The van der Waals surface area contributed by atoms with Crippen molar-refractivity contribution in [3.63, 3.8) is 0 Å². The van der Waals surface area contributed by atoms with Crippen LogP contribution >= 0.6 is 11.8 Å². The number of hydrogen-bond acceptors (Lipinski definition) is 4. The summed E-state index contributed by atoms with van der Waals surface area (Å²) in [5, 5.41) is 7.09. The Balaban J connectivity index is 1.82. The Kier molecular flexibility index (Phi) is 4.55. The maximum Gasteiger partial charge on any atom is 0.240 e. The minimum absolute atomic E-state index is 0.169. The number of likely N-dealkylation sites (tertiary alicyclic amines) is 1. The number of amides is 1. The molecule has 2 heterocycles. The van der Waals surface area contributed by atoms with Gasteiger partial charge in [-0.1, -0.05) is 42.1 Å². The lowest BCUT2D eigenvalue weighted by atomic mass is 10.1. The third-order valence-corrected chi connectivity index (χ3v) is 4.75. The van der Waals surface area contributed by atoms with Crippen molar-refractivity contribution in [2.75, 3.05) is 13.1 Å². The first-order valence-electron chi connectivity index (χ1n) is 7.20. The monoisotopic (exact) mass is 302 g/mol. The first-order valence-corrected chi connectivity index (χ1v) is 8.08. The van der Waals surface area contributed by atoms with Crippen molar-refractivity contribution in [1.29, 1.82) is 0 Å². The second kappa shape index (κ2) is 6.76. The molecule has 1 aliphatic heterocycles. The Labute approximate surface area is 128 Å². The van der Waals surface area contributed by atoms with Gasteiger partial charge in [-0.2, -0.15) is 5.10 Å². The largest absolute Gasteiger partial charge is 0.341 e. The normalized spacial score (nSPS) is 16.7. The van der Waals surface area contributed by atoms with Crippen molar-refractivity contribution in [1.82, 2.24) is 20.1 Å². The van der Waals surface area contributed by atoms with Gasteiger partial charge in [0, 0.05) is 13.1 Å². The zero-order valence-electron chi connectivity index (χ0n) is 11.7. The van der Waals surface area contributed by atoms with Crippen molar-refractivity contribution >= 4 is 17.7 Å². The molecule has 0 unspecified atom stereocenters. The highest BCUT2D eigenvalue weighted by molar-refractivity contribution is 8.00. The molecule has 0 aliphatic carbocycles. The molecule has 0 bridgehead atoms. The van der Waals surface area contributed by atoms with Gasteiger partial charge in [0.25, 0.3) is 0 Å². The standard InChI is InChI=1S/C15H18N4OS/c20-14(19-9-5-2-6-10-19)13(12-7-3-1-4-8-12)21-15-16-11-17-18-15/h1,3-4,7-8,11,13H,2,5-6,9-10H2,(H,16,17,18)/t13-/m1/s1. The molecular formula is C15H18N4OS. The number of benzene rings is 1. The van der Waals surface area contributed by atoms with E-state index < -0.39 is 0 Å². The van der Waals surface area contributed by atoms with Gasteiger partial charge < -0.3 is 4.90 Å². The number of aromatic nitrogens is 3. The lowest BCUT2D eigenvalue weighted by Gasteiger charge is -2.30. The number of nitrogens with zero attached hydrogens (tertiary/aromatic N) is 3. The van der Waals surface area contributed by atoms with Crippen molar-refractivity contribution in [3.8, 4) is 0 Å². The highest BCUT2D eigenvalue weighted by Gasteiger charge is 2.28. The Morgan fingerprint density at radius 1 is 1.19 bits per heavy atom. The van der Waals surface area contributed by atoms with Gasteiger partial charge in [-0.05, 0) is 24.8 Å². The fourth-order valence-corrected chi connectivity index (χ4v) is 3.51. The van der Waals surface area contributed by atoms with Gasteiger partial charge in [0.2, 0.25) is 5.91 Å². The first-order chi connectivity index (χ1) is 10.3. The summed E-state index contributed by atoms with van der Waals surface area (Å²) >= 11 is 1.43. The fourth-order valence-electron chi connectivity index (χ4n) is 2.53. The van der Waals surface area contributed by atoms with Gasteiger partial charge in [-0.3, -0.25) is 9.89 Å². The second-order valence-corrected chi connectivity index (χ2v) is 6.18. The predicted molar refractivity (Wildman–Crippen MR) is 81.9 cm³/mol. The number of rotatable bonds is 4. The van der Waals surface area contributed by atoms with Crippen molar-refractivity contribution < 1.29 is 4.79 Å². The molecule has 6 heteroatoms. The molecule has 0 radical (unpaired) electrons. The number of piperidine rings is 1. The average Bonchev–Trinajstić information content (AvgIpc) is 3.07. The van der Waals surface area contributed by atoms with E-state index >= 15 is 0 Å². The summed E-state index contributed by atoms with van der Waals surface area (Å²) in [7, 11) is 0. The summed E-state index contributed by atoms with van der Waals surface area (Å²) in [5.74, 6) is 0.169. The molecule has 2 aromatic rings. The number of carbonyl (C=O) groups excluding carboxylic acids is 1. The highest BCUT2D eigenvalue weighted by atomic mass is 32.2. The van der Waals surface area contributed by atoms with Crippen LogP contribution in [0.25, 0.3) is 0 Å². The van der Waals surface area contributed by atoms with E-state index in [9.17, 15) is 4.79 Å². The zero-order chi connectivity index (χ0) is 14.5. The summed E-state index contributed by atoms with van der Waals surface area (Å²) in [4.78, 5) is 19.0.